The summed E-state index contributed by atoms with van der Waals surface area (Å²) < 4.78 is -1.60. The van der Waals surface area contributed by atoms with Crippen molar-refractivity contribution < 1.29 is 0 Å². The minimum atomic E-state index is -1.60. The summed E-state index contributed by atoms with van der Waals surface area (Å²) in [7, 11) is 0. The van der Waals surface area contributed by atoms with Crippen LogP contribution in [0.1, 0.15) is 30.9 Å². The Kier molecular flexibility index (Phi) is 3.95. The maximum Gasteiger partial charge on any atom is 0.250 e. The quantitative estimate of drug-likeness (QED) is 0.747. The summed E-state index contributed by atoms with van der Waals surface area (Å²) in [6, 6.07) is 0. The van der Waals surface area contributed by atoms with Gasteiger partial charge in [0.25, 0.3) is 0 Å². The Hall–Kier alpha value is -0.320. The third-order valence-electron chi connectivity index (χ3n) is 2.63. The highest BCUT2D eigenvalue weighted by molar-refractivity contribution is 6.66. The molecule has 2 rings (SSSR count). The average molecular weight is 296 g/mol. The van der Waals surface area contributed by atoms with Crippen LogP contribution in [0.15, 0.2) is 0 Å². The van der Waals surface area contributed by atoms with E-state index in [-0.39, 0.29) is 5.82 Å². The first-order valence-corrected chi connectivity index (χ1v) is 6.65. The van der Waals surface area contributed by atoms with Crippen LogP contribution in [0.5, 0.6) is 0 Å². The molecule has 0 saturated carbocycles. The SMILES string of the molecule is Cc1nc(N2CCCCC2)nc(C(Cl)(Cl)Cl)n1. The fourth-order valence-electron chi connectivity index (χ4n) is 1.83. The molecule has 0 radical (unpaired) electrons. The molecule has 1 aromatic rings. The Bertz CT molecular complexity index is 399. The standard InChI is InChI=1S/C10H13Cl3N4/c1-7-14-8(10(11,12)13)16-9(15-7)17-5-3-2-4-6-17/h2-6H2,1H3. The van der Waals surface area contributed by atoms with Gasteiger partial charge < -0.3 is 4.90 Å². The van der Waals surface area contributed by atoms with Crippen molar-refractivity contribution in [2.24, 2.45) is 0 Å². The van der Waals surface area contributed by atoms with Gasteiger partial charge >= 0.3 is 0 Å². The van der Waals surface area contributed by atoms with E-state index in [0.717, 1.165) is 25.9 Å². The molecule has 94 valence electrons. The smallest absolute Gasteiger partial charge is 0.250 e. The Morgan fingerprint density at radius 3 is 2.24 bits per heavy atom. The number of aryl methyl sites for hydroxylation is 1. The minimum Gasteiger partial charge on any atom is -0.341 e. The third-order valence-corrected chi connectivity index (χ3v) is 3.13. The summed E-state index contributed by atoms with van der Waals surface area (Å²) in [5.41, 5.74) is 0. The first-order valence-electron chi connectivity index (χ1n) is 5.51. The highest BCUT2D eigenvalue weighted by Gasteiger charge is 2.28. The molecular weight excluding hydrogens is 282 g/mol. The van der Waals surface area contributed by atoms with Gasteiger partial charge in [-0.2, -0.15) is 9.97 Å². The van der Waals surface area contributed by atoms with Crippen molar-refractivity contribution in [1.29, 1.82) is 0 Å². The maximum absolute atomic E-state index is 5.80. The molecule has 1 aliphatic heterocycles. The molecule has 0 unspecified atom stereocenters. The number of anilines is 1. The molecule has 0 amide bonds. The van der Waals surface area contributed by atoms with Crippen LogP contribution >= 0.6 is 34.8 Å². The number of nitrogens with zero attached hydrogens (tertiary/aromatic N) is 4. The van der Waals surface area contributed by atoms with Crippen LogP contribution < -0.4 is 4.90 Å². The topological polar surface area (TPSA) is 41.9 Å². The normalized spacial score (nSPS) is 17.3. The number of halogens is 3. The van der Waals surface area contributed by atoms with Crippen LogP contribution in [0.25, 0.3) is 0 Å². The summed E-state index contributed by atoms with van der Waals surface area (Å²) in [6.07, 6.45) is 3.54. The molecule has 0 bridgehead atoms. The van der Waals surface area contributed by atoms with E-state index < -0.39 is 3.79 Å². The van der Waals surface area contributed by atoms with E-state index in [1.165, 1.54) is 6.42 Å². The summed E-state index contributed by atoms with van der Waals surface area (Å²) in [6.45, 7) is 3.67. The number of alkyl halides is 3. The highest BCUT2D eigenvalue weighted by Crippen LogP contribution is 2.36. The molecule has 4 nitrogen and oxygen atoms in total. The van der Waals surface area contributed by atoms with Crippen molar-refractivity contribution in [2.45, 2.75) is 30.0 Å². The first-order chi connectivity index (χ1) is 7.97. The second kappa shape index (κ2) is 5.12. The summed E-state index contributed by atoms with van der Waals surface area (Å²) in [5, 5.41) is 0. The van der Waals surface area contributed by atoms with E-state index in [1.807, 2.05) is 0 Å². The predicted octanol–water partition coefficient (Wildman–Crippen LogP) is 3.00. The van der Waals surface area contributed by atoms with Gasteiger partial charge in [-0.25, -0.2) is 4.98 Å². The zero-order valence-corrected chi connectivity index (χ0v) is 11.7. The summed E-state index contributed by atoms with van der Waals surface area (Å²) in [4.78, 5) is 14.7. The van der Waals surface area contributed by atoms with Gasteiger partial charge in [0.1, 0.15) is 5.82 Å². The van der Waals surface area contributed by atoms with Crippen molar-refractivity contribution >= 4 is 40.8 Å². The molecule has 17 heavy (non-hydrogen) atoms. The van der Waals surface area contributed by atoms with Crippen LogP contribution in [0, 0.1) is 6.92 Å². The molecule has 0 spiro atoms. The molecule has 0 atom stereocenters. The van der Waals surface area contributed by atoms with Gasteiger partial charge in [-0.05, 0) is 26.2 Å². The monoisotopic (exact) mass is 294 g/mol. The molecule has 0 aromatic carbocycles. The number of hydrogen-bond donors (Lipinski definition) is 0. The van der Waals surface area contributed by atoms with Crippen LogP contribution in [0.3, 0.4) is 0 Å². The Labute approximate surface area is 115 Å². The molecule has 1 fully saturated rings. The second-order valence-corrected chi connectivity index (χ2v) is 6.33. The Morgan fingerprint density at radius 1 is 1.00 bits per heavy atom. The largest absolute Gasteiger partial charge is 0.341 e. The lowest BCUT2D eigenvalue weighted by molar-refractivity contribution is 0.565. The van der Waals surface area contributed by atoms with Gasteiger partial charge in [0, 0.05) is 13.1 Å². The predicted molar refractivity (Wildman–Crippen MR) is 69.9 cm³/mol. The van der Waals surface area contributed by atoms with Crippen molar-refractivity contribution in [2.75, 3.05) is 18.0 Å². The molecule has 0 N–H and O–H groups in total. The third kappa shape index (κ3) is 3.33. The summed E-state index contributed by atoms with van der Waals surface area (Å²) >= 11 is 17.4. The van der Waals surface area contributed by atoms with Crippen molar-refractivity contribution in [3.8, 4) is 0 Å². The lowest BCUT2D eigenvalue weighted by Crippen LogP contribution is -2.32. The van der Waals surface area contributed by atoms with Crippen LogP contribution in [0.4, 0.5) is 5.95 Å². The fraction of sp³-hybridized carbons (Fsp3) is 0.700. The number of piperidine rings is 1. The number of rotatable bonds is 1. The van der Waals surface area contributed by atoms with Gasteiger partial charge in [-0.3, -0.25) is 0 Å². The highest BCUT2D eigenvalue weighted by atomic mass is 35.6. The van der Waals surface area contributed by atoms with E-state index in [0.29, 0.717) is 11.8 Å². The van der Waals surface area contributed by atoms with E-state index >= 15 is 0 Å². The van der Waals surface area contributed by atoms with Crippen molar-refractivity contribution in [3.05, 3.63) is 11.6 Å². The molecule has 1 aromatic heterocycles. The molecule has 1 aliphatic rings. The van der Waals surface area contributed by atoms with Crippen LogP contribution in [-0.2, 0) is 3.79 Å². The van der Waals surface area contributed by atoms with Crippen LogP contribution in [-0.4, -0.2) is 28.0 Å². The molecule has 0 aliphatic carbocycles. The van der Waals surface area contributed by atoms with Gasteiger partial charge in [-0.1, -0.05) is 34.8 Å². The zero-order valence-electron chi connectivity index (χ0n) is 9.46. The lowest BCUT2D eigenvalue weighted by Gasteiger charge is -2.27. The number of hydrogen-bond acceptors (Lipinski definition) is 4. The van der Waals surface area contributed by atoms with E-state index in [1.54, 1.807) is 6.92 Å². The molecule has 2 heterocycles. The first kappa shape index (κ1) is 13.1. The number of aromatic nitrogens is 3. The Morgan fingerprint density at radius 2 is 1.65 bits per heavy atom. The zero-order chi connectivity index (χ0) is 12.5. The fourth-order valence-corrected chi connectivity index (χ4v) is 2.08. The average Bonchev–Trinajstić information content (AvgIpc) is 2.28. The lowest BCUT2D eigenvalue weighted by atomic mass is 10.1. The van der Waals surface area contributed by atoms with Crippen molar-refractivity contribution in [3.63, 3.8) is 0 Å². The van der Waals surface area contributed by atoms with Gasteiger partial charge in [0.2, 0.25) is 9.74 Å². The van der Waals surface area contributed by atoms with E-state index in [2.05, 4.69) is 19.9 Å². The maximum atomic E-state index is 5.80. The molecule has 1 saturated heterocycles. The second-order valence-electron chi connectivity index (χ2n) is 4.05. The van der Waals surface area contributed by atoms with E-state index in [9.17, 15) is 0 Å². The Balaban J connectivity index is 2.31. The van der Waals surface area contributed by atoms with Crippen molar-refractivity contribution in [1.82, 2.24) is 15.0 Å². The van der Waals surface area contributed by atoms with Crippen LogP contribution in [0.2, 0.25) is 0 Å². The summed E-state index contributed by atoms with van der Waals surface area (Å²) in [5.74, 6) is 1.37. The van der Waals surface area contributed by atoms with Gasteiger partial charge in [0.15, 0.2) is 5.82 Å². The minimum absolute atomic E-state index is 0.190. The molecular formula is C10H13Cl3N4. The molecule has 7 heteroatoms. The van der Waals surface area contributed by atoms with Gasteiger partial charge in [0.05, 0.1) is 0 Å². The van der Waals surface area contributed by atoms with Gasteiger partial charge in [-0.15, -0.1) is 0 Å². The van der Waals surface area contributed by atoms with E-state index in [4.69, 9.17) is 34.8 Å².